The van der Waals surface area contributed by atoms with Crippen LogP contribution in [0.2, 0.25) is 0 Å². The third-order valence-corrected chi connectivity index (χ3v) is 3.40. The van der Waals surface area contributed by atoms with Gasteiger partial charge in [-0.3, -0.25) is 0 Å². The summed E-state index contributed by atoms with van der Waals surface area (Å²) in [6.07, 6.45) is 0.720. The van der Waals surface area contributed by atoms with Gasteiger partial charge in [0.15, 0.2) is 5.82 Å². The number of rotatable bonds is 3. The van der Waals surface area contributed by atoms with Crippen molar-refractivity contribution in [3.05, 3.63) is 41.5 Å². The van der Waals surface area contributed by atoms with Crippen LogP contribution in [0.1, 0.15) is 49.1 Å². The van der Waals surface area contributed by atoms with E-state index in [4.69, 9.17) is 9.26 Å². The third kappa shape index (κ3) is 2.21. The maximum Gasteiger partial charge on any atom is 0.234 e. The lowest BCUT2D eigenvalue weighted by Gasteiger charge is -2.22. The Morgan fingerprint density at radius 3 is 3.11 bits per heavy atom. The molecule has 0 saturated carbocycles. The third-order valence-electron chi connectivity index (χ3n) is 3.40. The molecule has 0 spiro atoms. The zero-order chi connectivity index (χ0) is 13.2. The van der Waals surface area contributed by atoms with E-state index in [9.17, 15) is 5.11 Å². The Morgan fingerprint density at radius 2 is 2.26 bits per heavy atom. The molecule has 2 heterocycles. The average molecular weight is 260 g/mol. The highest BCUT2D eigenvalue weighted by Gasteiger charge is 2.28. The summed E-state index contributed by atoms with van der Waals surface area (Å²) in [6.45, 7) is 2.51. The van der Waals surface area contributed by atoms with Crippen LogP contribution in [-0.2, 0) is 0 Å². The van der Waals surface area contributed by atoms with Crippen molar-refractivity contribution >= 4 is 0 Å². The number of para-hydroxylation sites is 1. The van der Waals surface area contributed by atoms with Gasteiger partial charge in [-0.2, -0.15) is 4.98 Å². The summed E-state index contributed by atoms with van der Waals surface area (Å²) in [6, 6.07) is 7.87. The van der Waals surface area contributed by atoms with Crippen LogP contribution in [0.4, 0.5) is 0 Å². The fraction of sp³-hybridized carbons (Fsp3) is 0.429. The lowest BCUT2D eigenvalue weighted by atomic mass is 9.93. The maximum absolute atomic E-state index is 9.73. The minimum atomic E-state index is -0.660. The van der Waals surface area contributed by atoms with Crippen molar-refractivity contribution in [1.29, 1.82) is 0 Å². The minimum Gasteiger partial charge on any atom is -0.493 e. The molecule has 0 radical (unpaired) electrons. The van der Waals surface area contributed by atoms with E-state index in [1.807, 2.05) is 31.2 Å². The molecule has 3 rings (SSSR count). The van der Waals surface area contributed by atoms with Crippen LogP contribution < -0.4 is 4.74 Å². The first-order chi connectivity index (χ1) is 9.29. The molecule has 2 aromatic rings. The summed E-state index contributed by atoms with van der Waals surface area (Å²) >= 11 is 0. The van der Waals surface area contributed by atoms with Crippen LogP contribution in [-0.4, -0.2) is 21.9 Å². The summed E-state index contributed by atoms with van der Waals surface area (Å²) in [4.78, 5) is 4.32. The zero-order valence-electron chi connectivity index (χ0n) is 10.7. The maximum atomic E-state index is 9.73. The van der Waals surface area contributed by atoms with Crippen LogP contribution in [0.5, 0.6) is 5.75 Å². The summed E-state index contributed by atoms with van der Waals surface area (Å²) in [7, 11) is 0. The lowest BCUT2D eigenvalue weighted by Crippen LogP contribution is -2.15. The molecule has 0 saturated heterocycles. The molecule has 1 aromatic carbocycles. The fourth-order valence-electron chi connectivity index (χ4n) is 2.31. The molecule has 0 amide bonds. The van der Waals surface area contributed by atoms with E-state index in [1.54, 1.807) is 0 Å². The van der Waals surface area contributed by atoms with Crippen molar-refractivity contribution in [2.45, 2.75) is 31.8 Å². The number of aliphatic hydroxyl groups is 1. The number of aliphatic hydroxyl groups excluding tert-OH is 1. The van der Waals surface area contributed by atoms with Gasteiger partial charge in [0, 0.05) is 5.56 Å². The van der Waals surface area contributed by atoms with Gasteiger partial charge in [-0.1, -0.05) is 30.3 Å². The topological polar surface area (TPSA) is 68.4 Å². The van der Waals surface area contributed by atoms with E-state index in [-0.39, 0.29) is 5.92 Å². The van der Waals surface area contributed by atoms with E-state index < -0.39 is 6.10 Å². The molecule has 2 atom stereocenters. The molecule has 5 heteroatoms. The van der Waals surface area contributed by atoms with Crippen molar-refractivity contribution in [3.63, 3.8) is 0 Å². The Labute approximate surface area is 111 Å². The smallest absolute Gasteiger partial charge is 0.234 e. The normalized spacial score (nSPS) is 19.6. The van der Waals surface area contributed by atoms with Crippen LogP contribution in [0.25, 0.3) is 0 Å². The second-order valence-electron chi connectivity index (χ2n) is 4.64. The highest BCUT2D eigenvalue weighted by molar-refractivity contribution is 5.40. The molecule has 1 aromatic heterocycles. The van der Waals surface area contributed by atoms with Gasteiger partial charge in [0.2, 0.25) is 5.89 Å². The Kier molecular flexibility index (Phi) is 3.21. The van der Waals surface area contributed by atoms with E-state index in [0.29, 0.717) is 24.7 Å². The van der Waals surface area contributed by atoms with Crippen LogP contribution >= 0.6 is 0 Å². The Balaban J connectivity index is 1.93. The molecule has 1 aliphatic heterocycles. The quantitative estimate of drug-likeness (QED) is 0.917. The second kappa shape index (κ2) is 5.01. The second-order valence-corrected chi connectivity index (χ2v) is 4.64. The Morgan fingerprint density at radius 1 is 1.42 bits per heavy atom. The highest BCUT2D eigenvalue weighted by atomic mass is 16.5. The summed E-state index contributed by atoms with van der Waals surface area (Å²) < 4.78 is 10.9. The highest BCUT2D eigenvalue weighted by Crippen LogP contribution is 2.37. The van der Waals surface area contributed by atoms with Gasteiger partial charge >= 0.3 is 0 Å². The first-order valence-corrected chi connectivity index (χ1v) is 6.53. The molecule has 1 aliphatic rings. The largest absolute Gasteiger partial charge is 0.493 e. The molecule has 0 bridgehead atoms. The fourth-order valence-corrected chi connectivity index (χ4v) is 2.31. The summed E-state index contributed by atoms with van der Waals surface area (Å²) in [5.41, 5.74) is 1.06. The predicted molar refractivity (Wildman–Crippen MR) is 67.9 cm³/mol. The molecule has 5 nitrogen and oxygen atoms in total. The molecule has 0 fully saturated rings. The van der Waals surface area contributed by atoms with Gasteiger partial charge in [-0.25, -0.2) is 0 Å². The number of fused-ring (bicyclic) bond motifs is 1. The van der Waals surface area contributed by atoms with E-state index in [1.165, 1.54) is 0 Å². The average Bonchev–Trinajstić information content (AvgIpc) is 2.95. The minimum absolute atomic E-state index is 0.0512. The van der Waals surface area contributed by atoms with Gasteiger partial charge < -0.3 is 14.4 Å². The molecule has 19 heavy (non-hydrogen) atoms. The number of hydrogen-bond donors (Lipinski definition) is 1. The van der Waals surface area contributed by atoms with Crippen molar-refractivity contribution in [3.8, 4) is 5.75 Å². The number of nitrogens with zero attached hydrogens (tertiary/aromatic N) is 2. The SMILES string of the molecule is CCC(O)c1noc(C2CCOc3ccccc32)n1. The van der Waals surface area contributed by atoms with Gasteiger partial charge in [0.1, 0.15) is 11.9 Å². The van der Waals surface area contributed by atoms with Crippen molar-refractivity contribution < 1.29 is 14.4 Å². The van der Waals surface area contributed by atoms with Crippen molar-refractivity contribution in [2.75, 3.05) is 6.61 Å². The standard InChI is InChI=1S/C14H16N2O3/c1-2-11(17)13-15-14(19-16-13)10-7-8-18-12-6-4-3-5-9(10)12/h3-6,10-11,17H,2,7-8H2,1H3. The number of ether oxygens (including phenoxy) is 1. The van der Waals surface area contributed by atoms with E-state index in [0.717, 1.165) is 17.7 Å². The predicted octanol–water partition coefficient (Wildman–Crippen LogP) is 2.43. The van der Waals surface area contributed by atoms with Gasteiger partial charge in [0.05, 0.1) is 12.5 Å². The van der Waals surface area contributed by atoms with Crippen LogP contribution in [0, 0.1) is 0 Å². The van der Waals surface area contributed by atoms with Gasteiger partial charge in [-0.15, -0.1) is 0 Å². The lowest BCUT2D eigenvalue weighted by molar-refractivity contribution is 0.159. The Hall–Kier alpha value is -1.88. The molecular formula is C14H16N2O3. The van der Waals surface area contributed by atoms with Crippen molar-refractivity contribution in [2.24, 2.45) is 0 Å². The number of aromatic nitrogens is 2. The van der Waals surface area contributed by atoms with E-state index in [2.05, 4.69) is 10.1 Å². The monoisotopic (exact) mass is 260 g/mol. The van der Waals surface area contributed by atoms with E-state index >= 15 is 0 Å². The summed E-state index contributed by atoms with van der Waals surface area (Å²) in [5, 5.41) is 13.6. The molecular weight excluding hydrogens is 244 g/mol. The zero-order valence-corrected chi connectivity index (χ0v) is 10.7. The Bertz CT molecular complexity index is 567. The first-order valence-electron chi connectivity index (χ1n) is 6.53. The molecule has 2 unspecified atom stereocenters. The van der Waals surface area contributed by atoms with Crippen LogP contribution in [0.15, 0.2) is 28.8 Å². The molecule has 1 N–H and O–H groups in total. The molecule has 0 aliphatic carbocycles. The number of hydrogen-bond acceptors (Lipinski definition) is 5. The number of benzene rings is 1. The van der Waals surface area contributed by atoms with Crippen LogP contribution in [0.3, 0.4) is 0 Å². The summed E-state index contributed by atoms with van der Waals surface area (Å²) in [5.74, 6) is 1.84. The van der Waals surface area contributed by atoms with Gasteiger partial charge in [-0.05, 0) is 18.9 Å². The first kappa shape index (κ1) is 12.2. The molecule has 100 valence electrons. The van der Waals surface area contributed by atoms with Crippen molar-refractivity contribution in [1.82, 2.24) is 10.1 Å². The van der Waals surface area contributed by atoms with Gasteiger partial charge in [0.25, 0.3) is 0 Å².